The van der Waals surface area contributed by atoms with Crippen LogP contribution >= 0.6 is 0 Å². The van der Waals surface area contributed by atoms with Crippen LogP contribution in [0.25, 0.3) is 0 Å². The van der Waals surface area contributed by atoms with Crippen molar-refractivity contribution in [2.45, 2.75) is 26.4 Å². The predicted molar refractivity (Wildman–Crippen MR) is 101 cm³/mol. The van der Waals surface area contributed by atoms with Crippen LogP contribution in [0.2, 0.25) is 0 Å². The first kappa shape index (κ1) is 19.9. The van der Waals surface area contributed by atoms with Crippen LogP contribution in [0, 0.1) is 11.3 Å². The lowest BCUT2D eigenvalue weighted by atomic mass is 9.80. The van der Waals surface area contributed by atoms with Gasteiger partial charge in [-0.05, 0) is 32.9 Å². The molecule has 0 spiro atoms. The van der Waals surface area contributed by atoms with Crippen LogP contribution in [0.1, 0.15) is 31.3 Å². The second-order valence-corrected chi connectivity index (χ2v) is 8.33. The Kier molecular flexibility index (Phi) is 4.95. The van der Waals surface area contributed by atoms with Crippen molar-refractivity contribution in [2.75, 3.05) is 38.2 Å². The number of aromatic nitrogens is 1. The van der Waals surface area contributed by atoms with Gasteiger partial charge in [-0.25, -0.2) is 14.6 Å². The number of ether oxygens (including phenoxy) is 2. The molecule has 2 fully saturated rings. The van der Waals surface area contributed by atoms with Gasteiger partial charge in [0.25, 0.3) is 0 Å². The number of amides is 2. The third kappa shape index (κ3) is 3.61. The number of pyridine rings is 1. The molecule has 9 nitrogen and oxygen atoms in total. The molecule has 9 heteroatoms. The molecule has 3 rings (SSSR count). The molecule has 2 atom stereocenters. The van der Waals surface area contributed by atoms with E-state index in [0.717, 1.165) is 0 Å². The largest absolute Gasteiger partial charge is 0.464 e. The molecule has 2 saturated heterocycles. The summed E-state index contributed by atoms with van der Waals surface area (Å²) in [6.45, 7) is 6.80. The number of primary amides is 1. The van der Waals surface area contributed by atoms with Gasteiger partial charge in [0.15, 0.2) is 5.69 Å². The zero-order valence-electron chi connectivity index (χ0n) is 16.6. The zero-order chi connectivity index (χ0) is 20.7. The number of anilines is 1. The number of esters is 1. The predicted octanol–water partition coefficient (Wildman–Crippen LogP) is 1.03. The highest BCUT2D eigenvalue weighted by molar-refractivity contribution is 5.88. The summed E-state index contributed by atoms with van der Waals surface area (Å²) < 4.78 is 10.1. The number of hydrogen-bond acceptors (Lipinski definition) is 7. The molecule has 1 aromatic rings. The summed E-state index contributed by atoms with van der Waals surface area (Å²) in [5, 5.41) is 0. The highest BCUT2D eigenvalue weighted by atomic mass is 16.6. The molecular formula is C19H26N4O5. The van der Waals surface area contributed by atoms with Gasteiger partial charge in [0.2, 0.25) is 5.91 Å². The second kappa shape index (κ2) is 6.96. The average molecular weight is 390 g/mol. The van der Waals surface area contributed by atoms with Gasteiger partial charge in [-0.3, -0.25) is 4.79 Å². The van der Waals surface area contributed by atoms with Crippen molar-refractivity contribution in [3.8, 4) is 0 Å². The maximum Gasteiger partial charge on any atom is 0.410 e. The fourth-order valence-electron chi connectivity index (χ4n) is 3.87. The maximum atomic E-state index is 12.4. The molecule has 1 aromatic heterocycles. The van der Waals surface area contributed by atoms with Crippen LogP contribution in [0.4, 0.5) is 10.6 Å². The summed E-state index contributed by atoms with van der Waals surface area (Å²) in [7, 11) is 1.30. The summed E-state index contributed by atoms with van der Waals surface area (Å²) in [6.07, 6.45) is -0.445. The minimum absolute atomic E-state index is 0.138. The molecule has 0 bridgehead atoms. The van der Waals surface area contributed by atoms with Crippen molar-refractivity contribution in [1.29, 1.82) is 0 Å². The number of carbonyl (C=O) groups excluding carboxylic acids is 3. The summed E-state index contributed by atoms with van der Waals surface area (Å²) in [5.41, 5.74) is 4.47. The average Bonchev–Trinajstić information content (AvgIpc) is 3.15. The van der Waals surface area contributed by atoms with E-state index >= 15 is 0 Å². The second-order valence-electron chi connectivity index (χ2n) is 8.33. The molecule has 2 N–H and O–H groups in total. The first-order chi connectivity index (χ1) is 13.1. The molecule has 2 unspecified atom stereocenters. The minimum atomic E-state index is -0.875. The van der Waals surface area contributed by atoms with Gasteiger partial charge in [-0.2, -0.15) is 0 Å². The van der Waals surface area contributed by atoms with Crippen molar-refractivity contribution in [3.63, 3.8) is 0 Å². The molecule has 0 radical (unpaired) electrons. The Morgan fingerprint density at radius 3 is 2.50 bits per heavy atom. The van der Waals surface area contributed by atoms with Crippen LogP contribution in [0.15, 0.2) is 18.2 Å². The highest BCUT2D eigenvalue weighted by Gasteiger charge is 2.58. The van der Waals surface area contributed by atoms with Crippen LogP contribution in [-0.4, -0.2) is 66.7 Å². The van der Waals surface area contributed by atoms with Gasteiger partial charge < -0.3 is 25.0 Å². The number of fused-ring (bicyclic) bond motifs is 1. The van der Waals surface area contributed by atoms with E-state index in [4.69, 9.17) is 15.2 Å². The molecule has 3 heterocycles. The number of rotatable bonds is 3. The Labute approximate surface area is 163 Å². The van der Waals surface area contributed by atoms with Crippen LogP contribution in [0.5, 0.6) is 0 Å². The Balaban J connectivity index is 1.79. The van der Waals surface area contributed by atoms with Crippen LogP contribution in [0.3, 0.4) is 0 Å². The van der Waals surface area contributed by atoms with E-state index in [0.29, 0.717) is 25.5 Å². The Morgan fingerprint density at radius 2 is 1.93 bits per heavy atom. The number of hydrogen-bond donors (Lipinski definition) is 1. The molecule has 2 aliphatic rings. The standard InChI is InChI=1S/C19H26N4O5/c1-18(2,3)28-17(26)23-9-12-8-22(10-19(12,11-23)16(20)25)14-7-5-6-13(21-14)15(24)27-4/h5-7,12H,8-11H2,1-4H3,(H2,20,25). The van der Waals surface area contributed by atoms with Crippen molar-refractivity contribution in [1.82, 2.24) is 9.88 Å². The van der Waals surface area contributed by atoms with E-state index in [-0.39, 0.29) is 18.2 Å². The van der Waals surface area contributed by atoms with E-state index in [1.807, 2.05) is 4.90 Å². The molecule has 2 amide bonds. The number of nitrogens with zero attached hydrogens (tertiary/aromatic N) is 3. The van der Waals surface area contributed by atoms with Crippen LogP contribution < -0.4 is 10.6 Å². The highest BCUT2D eigenvalue weighted by Crippen LogP contribution is 2.44. The van der Waals surface area contributed by atoms with E-state index in [1.54, 1.807) is 43.9 Å². The van der Waals surface area contributed by atoms with Crippen molar-refractivity contribution in [3.05, 3.63) is 23.9 Å². The fourth-order valence-corrected chi connectivity index (χ4v) is 3.87. The molecule has 152 valence electrons. The van der Waals surface area contributed by atoms with Crippen LogP contribution in [-0.2, 0) is 14.3 Å². The van der Waals surface area contributed by atoms with E-state index in [1.165, 1.54) is 7.11 Å². The van der Waals surface area contributed by atoms with Gasteiger partial charge in [0.1, 0.15) is 11.4 Å². The van der Waals surface area contributed by atoms with E-state index in [9.17, 15) is 14.4 Å². The quantitative estimate of drug-likeness (QED) is 0.766. The summed E-state index contributed by atoms with van der Waals surface area (Å²) in [6, 6.07) is 5.06. The number of carbonyl (C=O) groups is 3. The monoisotopic (exact) mass is 390 g/mol. The Bertz CT molecular complexity index is 806. The normalized spacial score (nSPS) is 24.1. The topological polar surface area (TPSA) is 115 Å². The van der Waals surface area contributed by atoms with Gasteiger partial charge in [0, 0.05) is 32.1 Å². The van der Waals surface area contributed by atoms with Crippen molar-refractivity contribution >= 4 is 23.8 Å². The number of methoxy groups -OCH3 is 1. The maximum absolute atomic E-state index is 12.4. The Morgan fingerprint density at radius 1 is 1.21 bits per heavy atom. The third-order valence-corrected chi connectivity index (χ3v) is 5.20. The van der Waals surface area contributed by atoms with Gasteiger partial charge in [0.05, 0.1) is 12.5 Å². The smallest absolute Gasteiger partial charge is 0.410 e. The number of nitrogens with two attached hydrogens (primary N) is 1. The molecule has 0 aliphatic carbocycles. The lowest BCUT2D eigenvalue weighted by molar-refractivity contribution is -0.127. The first-order valence-corrected chi connectivity index (χ1v) is 9.14. The summed E-state index contributed by atoms with van der Waals surface area (Å²) in [5.74, 6) is -0.542. The zero-order valence-corrected chi connectivity index (χ0v) is 16.6. The summed E-state index contributed by atoms with van der Waals surface area (Å²) in [4.78, 5) is 44.4. The summed E-state index contributed by atoms with van der Waals surface area (Å²) >= 11 is 0. The van der Waals surface area contributed by atoms with Crippen molar-refractivity contribution in [2.24, 2.45) is 17.1 Å². The molecular weight excluding hydrogens is 364 g/mol. The van der Waals surface area contributed by atoms with Gasteiger partial charge in [-0.1, -0.05) is 6.07 Å². The van der Waals surface area contributed by atoms with E-state index < -0.39 is 29.0 Å². The van der Waals surface area contributed by atoms with E-state index in [2.05, 4.69) is 4.98 Å². The SMILES string of the molecule is COC(=O)c1cccc(N2CC3CN(C(=O)OC(C)(C)C)CC3(C(N)=O)C2)n1. The molecule has 28 heavy (non-hydrogen) atoms. The minimum Gasteiger partial charge on any atom is -0.464 e. The molecule has 2 aliphatic heterocycles. The number of likely N-dealkylation sites (tertiary alicyclic amines) is 1. The lowest BCUT2D eigenvalue weighted by Crippen LogP contribution is -2.46. The fraction of sp³-hybridized carbons (Fsp3) is 0.579. The van der Waals surface area contributed by atoms with Gasteiger partial charge in [-0.15, -0.1) is 0 Å². The molecule has 0 aromatic carbocycles. The Hall–Kier alpha value is -2.84. The van der Waals surface area contributed by atoms with Crippen molar-refractivity contribution < 1.29 is 23.9 Å². The molecule has 0 saturated carbocycles. The third-order valence-electron chi connectivity index (χ3n) is 5.20. The lowest BCUT2D eigenvalue weighted by Gasteiger charge is -2.28. The first-order valence-electron chi connectivity index (χ1n) is 9.14. The van der Waals surface area contributed by atoms with Gasteiger partial charge >= 0.3 is 12.1 Å².